The summed E-state index contributed by atoms with van der Waals surface area (Å²) in [5, 5.41) is 2.69. The smallest absolute Gasteiger partial charge is 0.244 e. The van der Waals surface area contributed by atoms with Crippen LogP contribution in [0, 0.1) is 0 Å². The Bertz CT molecular complexity index is 837. The van der Waals surface area contributed by atoms with Gasteiger partial charge in [-0.1, -0.05) is 18.6 Å². The molecular weight excluding hydrogens is 316 g/mol. The number of carbonyl (C=O) groups is 1. The molecule has 1 atom stereocenters. The molecule has 1 amide bonds. The zero-order valence-corrected chi connectivity index (χ0v) is 13.6. The second-order valence-electron chi connectivity index (χ2n) is 5.62. The fraction of sp³-hybridized carbons (Fsp3) is 0.400. The van der Waals surface area contributed by atoms with Gasteiger partial charge in [0.2, 0.25) is 15.9 Å². The number of benzene rings is 1. The molecule has 1 aromatic heterocycles. The first kappa shape index (κ1) is 15.8. The van der Waals surface area contributed by atoms with Crippen molar-refractivity contribution >= 4 is 32.8 Å². The molecule has 122 valence electrons. The summed E-state index contributed by atoms with van der Waals surface area (Å²) >= 11 is 0. The lowest BCUT2D eigenvalue weighted by atomic mass is 10.0. The van der Waals surface area contributed by atoms with E-state index in [1.54, 1.807) is 6.07 Å². The highest BCUT2D eigenvalue weighted by Gasteiger charge is 2.34. The van der Waals surface area contributed by atoms with Gasteiger partial charge in [0.1, 0.15) is 6.04 Å². The lowest BCUT2D eigenvalue weighted by molar-refractivity contribution is -0.120. The molecule has 0 spiro atoms. The molecule has 0 bridgehead atoms. The summed E-state index contributed by atoms with van der Waals surface area (Å²) in [5.41, 5.74) is 1.41. The third-order valence-corrected chi connectivity index (χ3v) is 5.17. The Morgan fingerprint density at radius 2 is 2.00 bits per heavy atom. The van der Waals surface area contributed by atoms with Gasteiger partial charge in [-0.2, -0.15) is 4.31 Å². The van der Waals surface area contributed by atoms with E-state index in [0.717, 1.165) is 24.6 Å². The Morgan fingerprint density at radius 3 is 2.74 bits per heavy atom. The van der Waals surface area contributed by atoms with Gasteiger partial charge in [0.05, 0.1) is 23.5 Å². The lowest BCUT2D eigenvalue weighted by Gasteiger charge is -2.32. The summed E-state index contributed by atoms with van der Waals surface area (Å²) in [7, 11) is -3.41. The number of aromatic nitrogens is 2. The maximum atomic E-state index is 12.5. The Hall–Kier alpha value is -2.06. The molecule has 8 heteroatoms. The summed E-state index contributed by atoms with van der Waals surface area (Å²) in [5.74, 6) is -0.0348. The minimum absolute atomic E-state index is 0.327. The predicted octanol–water partition coefficient (Wildman–Crippen LogP) is 1.38. The van der Waals surface area contributed by atoms with Gasteiger partial charge in [-0.3, -0.25) is 9.78 Å². The van der Waals surface area contributed by atoms with Crippen LogP contribution in [0.2, 0.25) is 0 Å². The van der Waals surface area contributed by atoms with Crippen LogP contribution >= 0.6 is 0 Å². The van der Waals surface area contributed by atoms with Crippen LogP contribution in [0.4, 0.5) is 5.82 Å². The molecule has 1 saturated heterocycles. The first-order chi connectivity index (χ1) is 10.9. The molecule has 1 aliphatic rings. The molecule has 2 heterocycles. The SMILES string of the molecule is CS(=O)(=O)N1CCCC[C@@H]1C(=O)Nc1cnc2ccccc2n1. The quantitative estimate of drug-likeness (QED) is 0.915. The number of rotatable bonds is 3. The van der Waals surface area contributed by atoms with E-state index in [4.69, 9.17) is 0 Å². The summed E-state index contributed by atoms with van der Waals surface area (Å²) < 4.78 is 25.0. The van der Waals surface area contributed by atoms with E-state index in [1.165, 1.54) is 10.5 Å². The molecule has 23 heavy (non-hydrogen) atoms. The molecule has 1 aromatic carbocycles. The molecule has 0 unspecified atom stereocenters. The van der Waals surface area contributed by atoms with Crippen LogP contribution < -0.4 is 5.32 Å². The Balaban J connectivity index is 1.81. The number of sulfonamides is 1. The highest BCUT2D eigenvalue weighted by atomic mass is 32.2. The van der Waals surface area contributed by atoms with Crippen molar-refractivity contribution in [1.82, 2.24) is 14.3 Å². The van der Waals surface area contributed by atoms with Crippen LogP contribution in [0.1, 0.15) is 19.3 Å². The van der Waals surface area contributed by atoms with Crippen molar-refractivity contribution in [3.63, 3.8) is 0 Å². The summed E-state index contributed by atoms with van der Waals surface area (Å²) in [6.07, 6.45) is 4.72. The standard InChI is InChI=1S/C15H18N4O3S/c1-23(21,22)19-9-5-4-8-13(19)15(20)18-14-10-16-11-6-2-3-7-12(11)17-14/h2-3,6-7,10,13H,4-5,8-9H2,1H3,(H,17,18,20)/t13-/m1/s1. The van der Waals surface area contributed by atoms with Crippen molar-refractivity contribution in [3.05, 3.63) is 30.5 Å². The molecule has 2 aromatic rings. The second kappa shape index (κ2) is 6.21. The number of amides is 1. The zero-order valence-electron chi connectivity index (χ0n) is 12.8. The van der Waals surface area contributed by atoms with Gasteiger partial charge in [-0.05, 0) is 25.0 Å². The highest BCUT2D eigenvalue weighted by Crippen LogP contribution is 2.21. The summed E-state index contributed by atoms with van der Waals surface area (Å²) in [4.78, 5) is 21.0. The molecule has 0 saturated carbocycles. The molecule has 0 radical (unpaired) electrons. The molecule has 1 fully saturated rings. The van der Waals surface area contributed by atoms with Gasteiger partial charge in [-0.15, -0.1) is 0 Å². The number of anilines is 1. The predicted molar refractivity (Wildman–Crippen MR) is 87.4 cm³/mol. The van der Waals surface area contributed by atoms with Crippen molar-refractivity contribution in [1.29, 1.82) is 0 Å². The van der Waals surface area contributed by atoms with Gasteiger partial charge >= 0.3 is 0 Å². The molecule has 3 rings (SSSR count). The Kier molecular flexibility index (Phi) is 4.27. The van der Waals surface area contributed by atoms with Crippen LogP contribution in [-0.2, 0) is 14.8 Å². The molecule has 0 aliphatic carbocycles. The number of para-hydroxylation sites is 2. The first-order valence-electron chi connectivity index (χ1n) is 7.44. The average Bonchev–Trinajstić information content (AvgIpc) is 2.54. The Labute approximate surface area is 134 Å². The fourth-order valence-corrected chi connectivity index (χ4v) is 3.92. The number of fused-ring (bicyclic) bond motifs is 1. The maximum Gasteiger partial charge on any atom is 0.244 e. The largest absolute Gasteiger partial charge is 0.308 e. The van der Waals surface area contributed by atoms with Gasteiger partial charge in [0.15, 0.2) is 5.82 Å². The van der Waals surface area contributed by atoms with Crippen LogP contribution in [0.15, 0.2) is 30.5 Å². The third kappa shape index (κ3) is 3.48. The minimum Gasteiger partial charge on any atom is -0.308 e. The number of nitrogens with one attached hydrogen (secondary N) is 1. The molecule has 7 nitrogen and oxygen atoms in total. The highest BCUT2D eigenvalue weighted by molar-refractivity contribution is 7.88. The van der Waals surface area contributed by atoms with Crippen LogP contribution in [0.5, 0.6) is 0 Å². The third-order valence-electron chi connectivity index (χ3n) is 3.88. The van der Waals surface area contributed by atoms with Crippen molar-refractivity contribution < 1.29 is 13.2 Å². The van der Waals surface area contributed by atoms with E-state index >= 15 is 0 Å². The van der Waals surface area contributed by atoms with Gasteiger partial charge in [-0.25, -0.2) is 13.4 Å². The minimum atomic E-state index is -3.41. The Morgan fingerprint density at radius 1 is 1.26 bits per heavy atom. The number of hydrogen-bond donors (Lipinski definition) is 1. The van der Waals surface area contributed by atoms with Crippen LogP contribution in [-0.4, -0.2) is 47.4 Å². The topological polar surface area (TPSA) is 92.3 Å². The van der Waals surface area contributed by atoms with E-state index in [2.05, 4.69) is 15.3 Å². The molecular formula is C15H18N4O3S. The average molecular weight is 334 g/mol. The number of carbonyl (C=O) groups excluding carboxylic acids is 1. The number of piperidine rings is 1. The van der Waals surface area contributed by atoms with Crippen molar-refractivity contribution in [2.24, 2.45) is 0 Å². The maximum absolute atomic E-state index is 12.5. The van der Waals surface area contributed by atoms with Crippen molar-refractivity contribution in [2.45, 2.75) is 25.3 Å². The molecule has 1 N–H and O–H groups in total. The normalized spacial score (nSPS) is 19.6. The van der Waals surface area contributed by atoms with Crippen molar-refractivity contribution in [3.8, 4) is 0 Å². The monoisotopic (exact) mass is 334 g/mol. The van der Waals surface area contributed by atoms with Gasteiger partial charge in [0.25, 0.3) is 0 Å². The van der Waals surface area contributed by atoms with Crippen LogP contribution in [0.25, 0.3) is 11.0 Å². The number of hydrogen-bond acceptors (Lipinski definition) is 5. The van der Waals surface area contributed by atoms with E-state index in [0.29, 0.717) is 24.3 Å². The van der Waals surface area contributed by atoms with Crippen molar-refractivity contribution in [2.75, 3.05) is 18.1 Å². The van der Waals surface area contributed by atoms with E-state index in [9.17, 15) is 13.2 Å². The van der Waals surface area contributed by atoms with Crippen LogP contribution in [0.3, 0.4) is 0 Å². The zero-order chi connectivity index (χ0) is 16.4. The van der Waals surface area contributed by atoms with E-state index in [-0.39, 0.29) is 5.91 Å². The summed E-state index contributed by atoms with van der Waals surface area (Å²) in [6.45, 7) is 0.375. The van der Waals surface area contributed by atoms with Gasteiger partial charge in [0, 0.05) is 6.54 Å². The fourth-order valence-electron chi connectivity index (χ4n) is 2.79. The van der Waals surface area contributed by atoms with E-state index in [1.807, 2.05) is 18.2 Å². The van der Waals surface area contributed by atoms with E-state index < -0.39 is 16.1 Å². The van der Waals surface area contributed by atoms with Gasteiger partial charge < -0.3 is 5.32 Å². The number of nitrogens with zero attached hydrogens (tertiary/aromatic N) is 3. The first-order valence-corrected chi connectivity index (χ1v) is 9.29. The summed E-state index contributed by atoms with van der Waals surface area (Å²) in [6, 6.07) is 6.66. The lowest BCUT2D eigenvalue weighted by Crippen LogP contribution is -2.49. The second-order valence-corrected chi connectivity index (χ2v) is 7.55. The molecule has 1 aliphatic heterocycles.